The maximum atomic E-state index is 13.7. The Kier molecular flexibility index (Phi) is 5.29. The molecule has 0 aliphatic heterocycles. The van der Waals surface area contributed by atoms with Crippen LogP contribution in [0.15, 0.2) is 83.8 Å². The van der Waals surface area contributed by atoms with Crippen LogP contribution < -0.4 is 0 Å². The minimum atomic E-state index is -3.54. The standard InChI is InChI=1S/C25H25NO2S/c1-18-12-15-21(16-13-18)29(27,28)24(17-14-20-8-4-3-5-9-20)25-19(2)26-23-11-7-6-10-22(23)25/h3-13,15-16,24,26H,14,17H2,1-2H3. The van der Waals surface area contributed by atoms with Crippen LogP contribution in [-0.4, -0.2) is 13.4 Å². The maximum Gasteiger partial charge on any atom is 0.185 e. The van der Waals surface area contributed by atoms with Crippen LogP contribution in [0.3, 0.4) is 0 Å². The summed E-state index contributed by atoms with van der Waals surface area (Å²) < 4.78 is 27.5. The lowest BCUT2D eigenvalue weighted by molar-refractivity contribution is 0.575. The second-order valence-electron chi connectivity index (χ2n) is 7.58. The van der Waals surface area contributed by atoms with E-state index in [-0.39, 0.29) is 0 Å². The van der Waals surface area contributed by atoms with E-state index in [9.17, 15) is 8.42 Å². The summed E-state index contributed by atoms with van der Waals surface area (Å²) in [6, 6.07) is 25.2. The highest BCUT2D eigenvalue weighted by atomic mass is 32.2. The van der Waals surface area contributed by atoms with Crippen LogP contribution in [0.1, 0.15) is 34.1 Å². The molecule has 0 fully saturated rings. The van der Waals surface area contributed by atoms with E-state index < -0.39 is 15.1 Å². The number of aromatic nitrogens is 1. The zero-order chi connectivity index (χ0) is 20.4. The van der Waals surface area contributed by atoms with Gasteiger partial charge in [-0.25, -0.2) is 8.42 Å². The molecule has 4 heteroatoms. The number of nitrogens with one attached hydrogen (secondary N) is 1. The van der Waals surface area contributed by atoms with Gasteiger partial charge in [0, 0.05) is 16.6 Å². The molecule has 1 atom stereocenters. The average molecular weight is 404 g/mol. The summed E-state index contributed by atoms with van der Waals surface area (Å²) >= 11 is 0. The molecule has 0 aliphatic carbocycles. The molecule has 3 nitrogen and oxygen atoms in total. The fourth-order valence-electron chi connectivity index (χ4n) is 4.00. The molecule has 0 aliphatic rings. The van der Waals surface area contributed by atoms with Crippen LogP contribution in [0.2, 0.25) is 0 Å². The molecule has 0 amide bonds. The van der Waals surface area contributed by atoms with Gasteiger partial charge >= 0.3 is 0 Å². The van der Waals surface area contributed by atoms with E-state index >= 15 is 0 Å². The number of hydrogen-bond donors (Lipinski definition) is 1. The van der Waals surface area contributed by atoms with Crippen LogP contribution in [0.25, 0.3) is 10.9 Å². The first-order chi connectivity index (χ1) is 14.0. The second kappa shape index (κ2) is 7.88. The van der Waals surface area contributed by atoms with Crippen molar-refractivity contribution in [3.63, 3.8) is 0 Å². The summed E-state index contributed by atoms with van der Waals surface area (Å²) in [4.78, 5) is 3.75. The van der Waals surface area contributed by atoms with Gasteiger partial charge in [-0.3, -0.25) is 0 Å². The predicted octanol–water partition coefficient (Wildman–Crippen LogP) is 5.93. The number of aromatic amines is 1. The SMILES string of the molecule is Cc1ccc(S(=O)(=O)C(CCc2ccccc2)c2c(C)[nH]c3ccccc23)cc1. The summed E-state index contributed by atoms with van der Waals surface area (Å²) in [7, 11) is -3.54. The second-order valence-corrected chi connectivity index (χ2v) is 9.71. The summed E-state index contributed by atoms with van der Waals surface area (Å²) in [5.41, 5.74) is 4.98. The molecule has 0 bridgehead atoms. The third-order valence-corrected chi connectivity index (χ3v) is 7.68. The number of benzene rings is 3. The normalized spacial score (nSPS) is 12.9. The molecule has 4 aromatic rings. The highest BCUT2D eigenvalue weighted by Gasteiger charge is 2.32. The molecule has 1 N–H and O–H groups in total. The lowest BCUT2D eigenvalue weighted by Crippen LogP contribution is -2.16. The van der Waals surface area contributed by atoms with E-state index in [1.54, 1.807) is 12.1 Å². The van der Waals surface area contributed by atoms with Gasteiger partial charge in [-0.2, -0.15) is 0 Å². The molecule has 1 unspecified atom stereocenters. The van der Waals surface area contributed by atoms with Gasteiger partial charge in [-0.1, -0.05) is 66.2 Å². The highest BCUT2D eigenvalue weighted by Crippen LogP contribution is 2.38. The van der Waals surface area contributed by atoms with Crippen LogP contribution in [-0.2, 0) is 16.3 Å². The zero-order valence-corrected chi connectivity index (χ0v) is 17.5. The van der Waals surface area contributed by atoms with Crippen molar-refractivity contribution < 1.29 is 8.42 Å². The van der Waals surface area contributed by atoms with Gasteiger partial charge < -0.3 is 4.98 Å². The van der Waals surface area contributed by atoms with E-state index in [0.29, 0.717) is 17.7 Å². The Bertz CT molecular complexity index is 1220. The Labute approximate surface area is 172 Å². The van der Waals surface area contributed by atoms with Gasteiger partial charge in [0.25, 0.3) is 0 Å². The molecule has 4 rings (SSSR count). The van der Waals surface area contributed by atoms with E-state index in [4.69, 9.17) is 0 Å². The van der Waals surface area contributed by atoms with Gasteiger partial charge in [0.1, 0.15) is 0 Å². The van der Waals surface area contributed by atoms with Crippen molar-refractivity contribution in [3.05, 3.63) is 101 Å². The third kappa shape index (κ3) is 3.85. The molecule has 0 radical (unpaired) electrons. The lowest BCUT2D eigenvalue weighted by Gasteiger charge is -2.19. The molecular formula is C25H25NO2S. The van der Waals surface area contributed by atoms with Crippen LogP contribution in [0.5, 0.6) is 0 Å². The van der Waals surface area contributed by atoms with Crippen molar-refractivity contribution in [1.82, 2.24) is 4.98 Å². The third-order valence-electron chi connectivity index (χ3n) is 5.53. The Morgan fingerprint density at radius 2 is 1.48 bits per heavy atom. The number of aryl methyl sites for hydroxylation is 3. The van der Waals surface area contributed by atoms with Gasteiger partial charge in [0.05, 0.1) is 10.1 Å². The Morgan fingerprint density at radius 3 is 2.21 bits per heavy atom. The summed E-state index contributed by atoms with van der Waals surface area (Å²) in [6.07, 6.45) is 1.23. The number of hydrogen-bond acceptors (Lipinski definition) is 2. The average Bonchev–Trinajstić information content (AvgIpc) is 3.05. The molecule has 1 aromatic heterocycles. The van der Waals surface area contributed by atoms with Crippen LogP contribution in [0.4, 0.5) is 0 Å². The van der Waals surface area contributed by atoms with Crippen molar-refractivity contribution in [3.8, 4) is 0 Å². The van der Waals surface area contributed by atoms with E-state index in [0.717, 1.165) is 33.3 Å². The first-order valence-electron chi connectivity index (χ1n) is 9.88. The maximum absolute atomic E-state index is 13.7. The Morgan fingerprint density at radius 1 is 0.828 bits per heavy atom. The quantitative estimate of drug-likeness (QED) is 0.434. The fourth-order valence-corrected chi connectivity index (χ4v) is 5.89. The van der Waals surface area contributed by atoms with Crippen molar-refractivity contribution >= 4 is 20.7 Å². The van der Waals surface area contributed by atoms with E-state index in [1.165, 1.54) is 0 Å². The van der Waals surface area contributed by atoms with E-state index in [1.807, 2.05) is 68.4 Å². The minimum Gasteiger partial charge on any atom is -0.358 e. The van der Waals surface area contributed by atoms with Crippen LogP contribution >= 0.6 is 0 Å². The van der Waals surface area contributed by atoms with Crippen molar-refractivity contribution in [1.29, 1.82) is 0 Å². The van der Waals surface area contributed by atoms with Crippen LogP contribution in [0, 0.1) is 13.8 Å². The monoisotopic (exact) mass is 403 g/mol. The minimum absolute atomic E-state index is 0.380. The molecule has 0 spiro atoms. The molecule has 0 saturated heterocycles. The van der Waals surface area contributed by atoms with E-state index in [2.05, 4.69) is 17.1 Å². The number of fused-ring (bicyclic) bond motifs is 1. The van der Waals surface area contributed by atoms with Crippen molar-refractivity contribution in [2.24, 2.45) is 0 Å². The van der Waals surface area contributed by atoms with Gasteiger partial charge in [-0.15, -0.1) is 0 Å². The topological polar surface area (TPSA) is 49.9 Å². The first-order valence-corrected chi connectivity index (χ1v) is 11.4. The summed E-state index contributed by atoms with van der Waals surface area (Å²) in [5, 5.41) is 0.375. The van der Waals surface area contributed by atoms with Crippen molar-refractivity contribution in [2.75, 3.05) is 0 Å². The zero-order valence-electron chi connectivity index (χ0n) is 16.7. The van der Waals surface area contributed by atoms with Gasteiger partial charge in [-0.05, 0) is 56.0 Å². The number of para-hydroxylation sites is 1. The molecule has 148 valence electrons. The Hall–Kier alpha value is -2.85. The fraction of sp³-hybridized carbons (Fsp3) is 0.200. The first kappa shape index (κ1) is 19.5. The summed E-state index contributed by atoms with van der Waals surface area (Å²) in [5.74, 6) is 0. The molecule has 3 aromatic carbocycles. The molecule has 29 heavy (non-hydrogen) atoms. The predicted molar refractivity (Wildman–Crippen MR) is 119 cm³/mol. The Balaban J connectivity index is 1.82. The molecule has 1 heterocycles. The number of rotatable bonds is 6. The van der Waals surface area contributed by atoms with Gasteiger partial charge in [0.15, 0.2) is 9.84 Å². The molecular weight excluding hydrogens is 378 g/mol. The molecule has 0 saturated carbocycles. The summed E-state index contributed by atoms with van der Waals surface area (Å²) in [6.45, 7) is 3.93. The van der Waals surface area contributed by atoms with Crippen molar-refractivity contribution in [2.45, 2.75) is 36.8 Å². The smallest absolute Gasteiger partial charge is 0.185 e. The highest BCUT2D eigenvalue weighted by molar-refractivity contribution is 7.91. The van der Waals surface area contributed by atoms with Gasteiger partial charge in [0.2, 0.25) is 0 Å². The number of sulfone groups is 1. The largest absolute Gasteiger partial charge is 0.358 e. The number of H-pyrrole nitrogens is 1. The lowest BCUT2D eigenvalue weighted by atomic mass is 10.0.